The van der Waals surface area contributed by atoms with E-state index in [9.17, 15) is 9.59 Å². The Balaban J connectivity index is 1.80. The molecule has 0 N–H and O–H groups in total. The highest BCUT2D eigenvalue weighted by molar-refractivity contribution is 6.30. The number of hydrogen-bond acceptors (Lipinski definition) is 6. The summed E-state index contributed by atoms with van der Waals surface area (Å²) in [6.45, 7) is 4.63. The summed E-state index contributed by atoms with van der Waals surface area (Å²) >= 11 is 6.05. The molecule has 2 aliphatic heterocycles. The average Bonchev–Trinajstić information content (AvgIpc) is 2.76. The summed E-state index contributed by atoms with van der Waals surface area (Å²) in [5, 5.41) is 0.549. The molecule has 4 rings (SSSR count). The number of β-lactam (4-membered cyclic amide) rings is 1. The van der Waals surface area contributed by atoms with Gasteiger partial charge in [0.1, 0.15) is 19.3 Å². The Kier molecular flexibility index (Phi) is 5.58. The van der Waals surface area contributed by atoms with Crippen molar-refractivity contribution in [3.63, 3.8) is 0 Å². The fourth-order valence-corrected chi connectivity index (χ4v) is 4.00. The molecule has 158 valence electrons. The molecule has 2 aromatic rings. The first-order chi connectivity index (χ1) is 14.5. The van der Waals surface area contributed by atoms with Crippen molar-refractivity contribution in [1.82, 2.24) is 0 Å². The Hall–Kier alpha value is -2.77. The van der Waals surface area contributed by atoms with Crippen LogP contribution in [0.4, 0.5) is 5.69 Å². The van der Waals surface area contributed by atoms with E-state index in [0.29, 0.717) is 41.0 Å². The van der Waals surface area contributed by atoms with Crippen LogP contribution in [-0.4, -0.2) is 43.9 Å². The van der Waals surface area contributed by atoms with E-state index in [2.05, 4.69) is 0 Å². The molecule has 2 aromatic carbocycles. The van der Waals surface area contributed by atoms with Crippen LogP contribution < -0.4 is 14.4 Å². The highest BCUT2D eigenvalue weighted by Gasteiger charge is 2.69. The third-order valence-corrected chi connectivity index (χ3v) is 5.37. The number of halogens is 1. The zero-order valence-electron chi connectivity index (χ0n) is 16.7. The molecule has 0 bridgehead atoms. The molecular formula is C22H22ClNO6. The first-order valence-electron chi connectivity index (χ1n) is 9.82. The number of esters is 1. The van der Waals surface area contributed by atoms with Crippen LogP contribution in [0, 0.1) is 0 Å². The van der Waals surface area contributed by atoms with Gasteiger partial charge in [-0.2, -0.15) is 0 Å². The molecule has 0 aromatic heterocycles. The molecule has 0 spiro atoms. The third-order valence-electron chi connectivity index (χ3n) is 5.12. The zero-order valence-corrected chi connectivity index (χ0v) is 17.5. The number of amides is 1. The third kappa shape index (κ3) is 3.18. The van der Waals surface area contributed by atoms with Crippen LogP contribution in [0.15, 0.2) is 42.5 Å². The summed E-state index contributed by atoms with van der Waals surface area (Å²) in [6.07, 6.45) is 0. The summed E-state index contributed by atoms with van der Waals surface area (Å²) < 4.78 is 22.3. The molecule has 0 radical (unpaired) electrons. The molecule has 0 aliphatic carbocycles. The summed E-state index contributed by atoms with van der Waals surface area (Å²) in [7, 11) is 0. The Bertz CT molecular complexity index is 963. The lowest BCUT2D eigenvalue weighted by Crippen LogP contribution is -2.74. The van der Waals surface area contributed by atoms with Crippen LogP contribution in [0.3, 0.4) is 0 Å². The van der Waals surface area contributed by atoms with Crippen molar-refractivity contribution in [1.29, 1.82) is 0 Å². The van der Waals surface area contributed by atoms with Gasteiger partial charge in [-0.15, -0.1) is 0 Å². The molecule has 0 unspecified atom stereocenters. The Morgan fingerprint density at radius 1 is 1.10 bits per heavy atom. The molecule has 7 nitrogen and oxygen atoms in total. The number of rotatable bonds is 6. The van der Waals surface area contributed by atoms with Crippen molar-refractivity contribution in [2.24, 2.45) is 0 Å². The standard InChI is InChI=1S/C22H22ClNO6/c1-3-27-21(26)22(30-4-2)19(14-5-7-15(23)8-6-14)24(20(22)25)16-9-10-17-18(13-16)29-12-11-28-17/h5-10,13,19H,3-4,11-12H2,1-2H3/t19-,22-/m0/s1. The number of ether oxygens (including phenoxy) is 4. The molecular weight excluding hydrogens is 410 g/mol. The fraction of sp³-hybridized carbons (Fsp3) is 0.364. The van der Waals surface area contributed by atoms with Crippen molar-refractivity contribution in [3.8, 4) is 11.5 Å². The Morgan fingerprint density at radius 2 is 1.80 bits per heavy atom. The lowest BCUT2D eigenvalue weighted by Gasteiger charge is -2.53. The first kappa shape index (κ1) is 20.5. The molecule has 0 saturated carbocycles. The highest BCUT2D eigenvalue weighted by Crippen LogP contribution is 2.50. The summed E-state index contributed by atoms with van der Waals surface area (Å²) in [5.41, 5.74) is -0.481. The number of hydrogen-bond donors (Lipinski definition) is 0. The van der Waals surface area contributed by atoms with Gasteiger partial charge in [-0.05, 0) is 43.7 Å². The van der Waals surface area contributed by atoms with Gasteiger partial charge in [0.2, 0.25) is 0 Å². The second kappa shape index (κ2) is 8.16. The predicted octanol–water partition coefficient (Wildman–Crippen LogP) is 3.54. The van der Waals surface area contributed by atoms with Gasteiger partial charge in [0.25, 0.3) is 11.5 Å². The first-order valence-corrected chi connectivity index (χ1v) is 10.2. The smallest absolute Gasteiger partial charge is 0.351 e. The maximum atomic E-state index is 13.4. The maximum Gasteiger partial charge on any atom is 0.351 e. The summed E-state index contributed by atoms with van der Waals surface area (Å²) in [5.74, 6) is -0.0287. The van der Waals surface area contributed by atoms with Crippen molar-refractivity contribution in [3.05, 3.63) is 53.1 Å². The fourth-order valence-electron chi connectivity index (χ4n) is 3.87. The van der Waals surface area contributed by atoms with Crippen LogP contribution in [0.5, 0.6) is 11.5 Å². The number of anilines is 1. The topological polar surface area (TPSA) is 74.3 Å². The lowest BCUT2D eigenvalue weighted by molar-refractivity contribution is -0.190. The number of carbonyl (C=O) groups is 2. The number of benzene rings is 2. The number of fused-ring (bicyclic) bond motifs is 1. The summed E-state index contributed by atoms with van der Waals surface area (Å²) in [6, 6.07) is 11.5. The van der Waals surface area contributed by atoms with Gasteiger partial charge in [-0.25, -0.2) is 4.79 Å². The zero-order chi connectivity index (χ0) is 21.3. The second-order valence-corrected chi connectivity index (χ2v) is 7.28. The van der Waals surface area contributed by atoms with Crippen molar-refractivity contribution in [2.45, 2.75) is 25.5 Å². The van der Waals surface area contributed by atoms with Crippen LogP contribution in [-0.2, 0) is 19.1 Å². The van der Waals surface area contributed by atoms with Crippen LogP contribution >= 0.6 is 11.6 Å². The average molecular weight is 432 g/mol. The van der Waals surface area contributed by atoms with Crippen molar-refractivity contribution < 1.29 is 28.5 Å². The maximum absolute atomic E-state index is 13.4. The van der Waals surface area contributed by atoms with E-state index in [4.69, 9.17) is 30.5 Å². The quantitative estimate of drug-likeness (QED) is 0.395. The largest absolute Gasteiger partial charge is 0.486 e. The Morgan fingerprint density at radius 3 is 2.47 bits per heavy atom. The van der Waals surface area contributed by atoms with Gasteiger partial charge in [-0.1, -0.05) is 23.7 Å². The van der Waals surface area contributed by atoms with E-state index < -0.39 is 23.5 Å². The number of nitrogens with zero attached hydrogens (tertiary/aromatic N) is 1. The lowest BCUT2D eigenvalue weighted by atomic mass is 9.77. The van der Waals surface area contributed by atoms with Crippen LogP contribution in [0.25, 0.3) is 0 Å². The van der Waals surface area contributed by atoms with E-state index >= 15 is 0 Å². The normalized spacial score (nSPS) is 22.4. The molecule has 1 saturated heterocycles. The molecule has 30 heavy (non-hydrogen) atoms. The molecule has 2 aliphatic rings. The highest BCUT2D eigenvalue weighted by atomic mass is 35.5. The molecule has 2 atom stereocenters. The van der Waals surface area contributed by atoms with E-state index in [1.807, 2.05) is 0 Å². The van der Waals surface area contributed by atoms with Crippen molar-refractivity contribution >= 4 is 29.2 Å². The molecule has 1 fully saturated rings. The monoisotopic (exact) mass is 431 g/mol. The van der Waals surface area contributed by atoms with Gasteiger partial charge in [0.15, 0.2) is 11.5 Å². The minimum absolute atomic E-state index is 0.137. The molecule has 2 heterocycles. The van der Waals surface area contributed by atoms with Crippen LogP contribution in [0.1, 0.15) is 25.5 Å². The second-order valence-electron chi connectivity index (χ2n) is 6.85. The van der Waals surface area contributed by atoms with Gasteiger partial charge >= 0.3 is 5.97 Å². The summed E-state index contributed by atoms with van der Waals surface area (Å²) in [4.78, 5) is 27.9. The van der Waals surface area contributed by atoms with Gasteiger partial charge in [0, 0.05) is 23.4 Å². The van der Waals surface area contributed by atoms with E-state index in [1.54, 1.807) is 56.3 Å². The van der Waals surface area contributed by atoms with E-state index in [1.165, 1.54) is 4.90 Å². The Labute approximate surface area is 179 Å². The van der Waals surface area contributed by atoms with Gasteiger partial charge in [-0.3, -0.25) is 9.69 Å². The van der Waals surface area contributed by atoms with Gasteiger partial charge < -0.3 is 18.9 Å². The molecule has 8 heteroatoms. The van der Waals surface area contributed by atoms with Crippen molar-refractivity contribution in [2.75, 3.05) is 31.3 Å². The SMILES string of the molecule is CCOC(=O)[C@@]1(OCC)C(=O)N(c2ccc3c(c2)OCCO3)[C@H]1c1ccc(Cl)cc1. The minimum atomic E-state index is -1.76. The van der Waals surface area contributed by atoms with E-state index in [-0.39, 0.29) is 13.2 Å². The number of carbonyl (C=O) groups excluding carboxylic acids is 2. The van der Waals surface area contributed by atoms with Gasteiger partial charge in [0.05, 0.1) is 6.61 Å². The van der Waals surface area contributed by atoms with E-state index in [0.717, 1.165) is 0 Å². The molecule has 1 amide bonds. The predicted molar refractivity (Wildman–Crippen MR) is 110 cm³/mol. The van der Waals surface area contributed by atoms with Crippen LogP contribution in [0.2, 0.25) is 5.02 Å². The minimum Gasteiger partial charge on any atom is -0.486 e.